The lowest BCUT2D eigenvalue weighted by Crippen LogP contribution is -2.30. The summed E-state index contributed by atoms with van der Waals surface area (Å²) in [6.45, 7) is -0.177. The van der Waals surface area contributed by atoms with Crippen LogP contribution < -0.4 is 10.8 Å². The molecule has 0 aliphatic carbocycles. The number of carbonyl (C=O) groups excluding carboxylic acids is 1. The molecule has 16 heavy (non-hydrogen) atoms. The highest BCUT2D eigenvalue weighted by molar-refractivity contribution is 6.58. The van der Waals surface area contributed by atoms with Crippen LogP contribution in [0.1, 0.15) is 0 Å². The normalized spacial score (nSPS) is 10.0. The van der Waals surface area contributed by atoms with E-state index in [4.69, 9.17) is 10.0 Å². The highest BCUT2D eigenvalue weighted by Crippen LogP contribution is 2.11. The van der Waals surface area contributed by atoms with E-state index in [2.05, 4.69) is 10.1 Å². The lowest BCUT2D eigenvalue weighted by Gasteiger charge is -2.07. The van der Waals surface area contributed by atoms with Crippen LogP contribution in [0.3, 0.4) is 0 Å². The Morgan fingerprint density at radius 1 is 1.56 bits per heavy atom. The van der Waals surface area contributed by atoms with Crippen molar-refractivity contribution < 1.29 is 24.0 Å². The summed E-state index contributed by atoms with van der Waals surface area (Å²) in [7, 11) is -0.389. The molecule has 3 N–H and O–H groups in total. The molecule has 0 bridgehead atoms. The average Bonchev–Trinajstić information content (AvgIpc) is 2.21. The zero-order chi connectivity index (χ0) is 12.1. The quantitative estimate of drug-likeness (QED) is 0.582. The van der Waals surface area contributed by atoms with Crippen LogP contribution in [-0.2, 0) is 9.53 Å². The molecule has 0 heterocycles. The van der Waals surface area contributed by atoms with Gasteiger partial charge in [-0.1, -0.05) is 6.07 Å². The molecule has 0 fully saturated rings. The molecule has 1 aromatic rings. The van der Waals surface area contributed by atoms with E-state index in [9.17, 15) is 9.18 Å². The topological polar surface area (TPSA) is 78.8 Å². The molecule has 0 aromatic heterocycles. The minimum absolute atomic E-state index is 0.0160. The molecule has 1 aromatic carbocycles. The van der Waals surface area contributed by atoms with E-state index in [1.165, 1.54) is 19.2 Å². The maximum atomic E-state index is 13.3. The number of anilines is 1. The van der Waals surface area contributed by atoms with Gasteiger partial charge in [-0.15, -0.1) is 0 Å². The Kier molecular flexibility index (Phi) is 4.42. The van der Waals surface area contributed by atoms with Crippen molar-refractivity contribution in [3.63, 3.8) is 0 Å². The second-order valence-corrected chi connectivity index (χ2v) is 3.09. The van der Waals surface area contributed by atoms with Crippen molar-refractivity contribution in [2.45, 2.75) is 0 Å². The minimum Gasteiger partial charge on any atom is -0.423 e. The third-order valence-electron chi connectivity index (χ3n) is 1.84. The van der Waals surface area contributed by atoms with Gasteiger partial charge in [0.2, 0.25) is 5.91 Å². The molecule has 5 nitrogen and oxygen atoms in total. The monoisotopic (exact) mass is 227 g/mol. The van der Waals surface area contributed by atoms with Crippen LogP contribution in [0, 0.1) is 5.82 Å². The van der Waals surface area contributed by atoms with Crippen LogP contribution in [0.4, 0.5) is 10.1 Å². The van der Waals surface area contributed by atoms with Gasteiger partial charge in [0, 0.05) is 7.11 Å². The number of ether oxygens (including phenoxy) is 1. The van der Waals surface area contributed by atoms with Crippen LogP contribution in [-0.4, -0.2) is 36.8 Å². The van der Waals surface area contributed by atoms with Gasteiger partial charge in [-0.05, 0) is 17.6 Å². The fraction of sp³-hybridized carbons (Fsp3) is 0.222. The van der Waals surface area contributed by atoms with Crippen molar-refractivity contribution in [2.24, 2.45) is 0 Å². The Bertz CT molecular complexity index is 386. The second-order valence-electron chi connectivity index (χ2n) is 3.09. The molecule has 0 aliphatic heterocycles. The van der Waals surface area contributed by atoms with Gasteiger partial charge in [0.05, 0.1) is 5.69 Å². The molecule has 1 amide bonds. The van der Waals surface area contributed by atoms with Gasteiger partial charge in [-0.3, -0.25) is 4.79 Å². The van der Waals surface area contributed by atoms with E-state index in [1.54, 1.807) is 0 Å². The standard InChI is InChI=1S/C9H11BFNO4/c1-16-5-9(13)12-8-3-2-6(10(14)15)4-7(8)11/h2-4,14-15H,5H2,1H3,(H,12,13). The summed E-state index contributed by atoms with van der Waals surface area (Å²) in [5.41, 5.74) is -0.0197. The summed E-state index contributed by atoms with van der Waals surface area (Å²) in [5, 5.41) is 19.8. The van der Waals surface area contributed by atoms with Crippen LogP contribution in [0.25, 0.3) is 0 Å². The van der Waals surface area contributed by atoms with Gasteiger partial charge >= 0.3 is 7.12 Å². The Labute approximate surface area is 92.0 Å². The first kappa shape index (κ1) is 12.6. The van der Waals surface area contributed by atoms with Crippen molar-refractivity contribution in [3.05, 3.63) is 24.0 Å². The number of rotatable bonds is 4. The van der Waals surface area contributed by atoms with E-state index in [-0.39, 0.29) is 17.8 Å². The van der Waals surface area contributed by atoms with Crippen LogP contribution >= 0.6 is 0 Å². The third kappa shape index (κ3) is 3.30. The van der Waals surface area contributed by atoms with Crippen LogP contribution in [0.2, 0.25) is 0 Å². The SMILES string of the molecule is COCC(=O)Nc1ccc(B(O)O)cc1F. The predicted octanol–water partition coefficient (Wildman–Crippen LogP) is -0.910. The van der Waals surface area contributed by atoms with E-state index in [0.717, 1.165) is 6.07 Å². The number of hydrogen-bond donors (Lipinski definition) is 3. The zero-order valence-electron chi connectivity index (χ0n) is 8.61. The molecule has 0 spiro atoms. The zero-order valence-corrected chi connectivity index (χ0v) is 8.61. The molecule has 0 aliphatic rings. The van der Waals surface area contributed by atoms with Gasteiger partial charge < -0.3 is 20.1 Å². The number of nitrogens with one attached hydrogen (secondary N) is 1. The van der Waals surface area contributed by atoms with E-state index in [1.807, 2.05) is 0 Å². The van der Waals surface area contributed by atoms with E-state index < -0.39 is 18.8 Å². The minimum atomic E-state index is -1.74. The van der Waals surface area contributed by atoms with Gasteiger partial charge in [0.15, 0.2) is 0 Å². The molecule has 0 unspecified atom stereocenters. The maximum absolute atomic E-state index is 13.3. The Morgan fingerprint density at radius 3 is 2.75 bits per heavy atom. The molecule has 0 atom stereocenters. The van der Waals surface area contributed by atoms with Gasteiger partial charge in [-0.2, -0.15) is 0 Å². The highest BCUT2D eigenvalue weighted by Gasteiger charge is 2.14. The third-order valence-corrected chi connectivity index (χ3v) is 1.84. The predicted molar refractivity (Wildman–Crippen MR) is 56.7 cm³/mol. The first-order valence-corrected chi connectivity index (χ1v) is 4.49. The number of benzene rings is 1. The van der Waals surface area contributed by atoms with Gasteiger partial charge in [0.25, 0.3) is 0 Å². The Morgan fingerprint density at radius 2 is 2.25 bits per heavy atom. The summed E-state index contributed by atoms with van der Waals surface area (Å²) in [6, 6.07) is 3.49. The molecule has 0 saturated heterocycles. The van der Waals surface area contributed by atoms with Gasteiger partial charge in [0.1, 0.15) is 12.4 Å². The molecule has 7 heteroatoms. The molecule has 0 saturated carbocycles. The largest absolute Gasteiger partial charge is 0.488 e. The molecule has 0 radical (unpaired) electrons. The summed E-state index contributed by atoms with van der Waals surface area (Å²) in [6.07, 6.45) is 0. The maximum Gasteiger partial charge on any atom is 0.488 e. The average molecular weight is 227 g/mol. The fourth-order valence-corrected chi connectivity index (χ4v) is 1.11. The number of halogens is 1. The summed E-state index contributed by atoms with van der Waals surface area (Å²) < 4.78 is 17.9. The van der Waals surface area contributed by atoms with Crippen LogP contribution in [0.5, 0.6) is 0 Å². The van der Waals surface area contributed by atoms with Crippen LogP contribution in [0.15, 0.2) is 18.2 Å². The van der Waals surface area contributed by atoms with Gasteiger partial charge in [-0.25, -0.2) is 4.39 Å². The first-order chi connectivity index (χ1) is 7.54. The second kappa shape index (κ2) is 5.59. The first-order valence-electron chi connectivity index (χ1n) is 4.49. The van der Waals surface area contributed by atoms with E-state index in [0.29, 0.717) is 0 Å². The summed E-state index contributed by atoms with van der Waals surface area (Å²) in [4.78, 5) is 11.1. The highest BCUT2D eigenvalue weighted by atomic mass is 19.1. The van der Waals surface area contributed by atoms with Crippen molar-refractivity contribution >= 4 is 24.2 Å². The molecule has 1 rings (SSSR count). The van der Waals surface area contributed by atoms with Crippen molar-refractivity contribution in [3.8, 4) is 0 Å². The Hall–Kier alpha value is -1.44. The lowest BCUT2D eigenvalue weighted by atomic mass is 9.80. The Balaban J connectivity index is 2.79. The fourth-order valence-electron chi connectivity index (χ4n) is 1.11. The van der Waals surface area contributed by atoms with Crippen molar-refractivity contribution in [2.75, 3.05) is 19.0 Å². The molecule has 86 valence electrons. The van der Waals surface area contributed by atoms with Crippen molar-refractivity contribution in [1.29, 1.82) is 0 Å². The summed E-state index contributed by atoms with van der Waals surface area (Å²) in [5.74, 6) is -1.23. The lowest BCUT2D eigenvalue weighted by molar-refractivity contribution is -0.119. The molecular formula is C9H11BFNO4. The number of amides is 1. The van der Waals surface area contributed by atoms with Crippen molar-refractivity contribution in [1.82, 2.24) is 0 Å². The van der Waals surface area contributed by atoms with E-state index >= 15 is 0 Å². The summed E-state index contributed by atoms with van der Waals surface area (Å²) >= 11 is 0. The molecular weight excluding hydrogens is 216 g/mol. The number of carbonyl (C=O) groups is 1. The smallest absolute Gasteiger partial charge is 0.423 e. The number of hydrogen-bond acceptors (Lipinski definition) is 4. The number of methoxy groups -OCH3 is 1.